The van der Waals surface area contributed by atoms with Crippen LogP contribution >= 0.6 is 35.3 Å². The van der Waals surface area contributed by atoms with Crippen LogP contribution in [0.2, 0.25) is 0 Å². The molecular weight excluding hydrogens is 530 g/mol. The van der Waals surface area contributed by atoms with E-state index in [0.29, 0.717) is 18.0 Å². The maximum absolute atomic E-state index is 14.4. The highest BCUT2D eigenvalue weighted by atomic mass is 32.2. The molecule has 2 aliphatic rings. The second kappa shape index (κ2) is 11.1. The van der Waals surface area contributed by atoms with Crippen LogP contribution in [0, 0.1) is 18.8 Å². The number of Topliss-reactive ketones (excluding diaryl/α,β-unsaturated/α-hetero) is 1. The molecule has 0 saturated heterocycles. The van der Waals surface area contributed by atoms with Gasteiger partial charge in [0, 0.05) is 23.1 Å². The van der Waals surface area contributed by atoms with Crippen LogP contribution in [0.1, 0.15) is 50.8 Å². The molecule has 2 saturated carbocycles. The minimum atomic E-state index is -1.87. The highest BCUT2D eigenvalue weighted by Gasteiger charge is 2.54. The molecule has 1 unspecified atom stereocenters. The Morgan fingerprint density at radius 1 is 1.27 bits per heavy atom. The molecule has 0 bridgehead atoms. The second-order valence-corrected chi connectivity index (χ2v) is 13.4. The molecule has 4 atom stereocenters. The molecule has 6 nitrogen and oxygen atoms in total. The number of alkyl halides is 1. The maximum atomic E-state index is 14.4. The molecule has 4 rings (SSSR count). The lowest BCUT2D eigenvalue weighted by Gasteiger charge is -2.35. The molecule has 1 aromatic carbocycles. The number of rotatable bonds is 10. The zero-order valence-corrected chi connectivity index (χ0v) is 24.0. The van der Waals surface area contributed by atoms with Gasteiger partial charge in [-0.2, -0.15) is 11.8 Å². The van der Waals surface area contributed by atoms with E-state index in [4.69, 9.17) is 12.2 Å². The summed E-state index contributed by atoms with van der Waals surface area (Å²) in [6.45, 7) is 6.22. The molecule has 0 spiro atoms. The fourth-order valence-corrected chi connectivity index (χ4v) is 6.36. The number of aliphatic hydroxyl groups is 1. The first-order chi connectivity index (χ1) is 17.4. The normalized spacial score (nSPS) is 23.4. The lowest BCUT2D eigenvalue weighted by atomic mass is 9.84. The van der Waals surface area contributed by atoms with Gasteiger partial charge in [0.25, 0.3) is 5.91 Å². The molecule has 200 valence electrons. The zero-order chi connectivity index (χ0) is 27.0. The first-order valence-electron chi connectivity index (χ1n) is 12.5. The smallest absolute Gasteiger partial charge is 0.258 e. The number of thiazole rings is 1. The monoisotopic (exact) mass is 563 g/mol. The molecule has 2 aromatic rings. The Bertz CT molecular complexity index is 1160. The van der Waals surface area contributed by atoms with E-state index in [9.17, 15) is 19.1 Å². The molecule has 37 heavy (non-hydrogen) atoms. The van der Waals surface area contributed by atoms with Crippen LogP contribution < -0.4 is 10.6 Å². The molecule has 1 aromatic heterocycles. The van der Waals surface area contributed by atoms with Gasteiger partial charge in [0.2, 0.25) is 0 Å². The average Bonchev–Trinajstić information content (AvgIpc) is 3.29. The molecule has 2 aliphatic carbocycles. The van der Waals surface area contributed by atoms with E-state index in [1.165, 1.54) is 11.8 Å². The van der Waals surface area contributed by atoms with E-state index in [-0.39, 0.29) is 31.0 Å². The van der Waals surface area contributed by atoms with Crippen molar-refractivity contribution in [3.63, 3.8) is 0 Å². The number of thiocarbonyl (C=S) groups is 1. The van der Waals surface area contributed by atoms with Gasteiger partial charge in [-0.05, 0) is 63.8 Å². The second-order valence-electron chi connectivity index (χ2n) is 10.6. The summed E-state index contributed by atoms with van der Waals surface area (Å²) < 4.78 is 13.8. The number of aryl methyl sites for hydroxylation is 1. The Hall–Kier alpha value is -1.88. The number of carbonyl (C=O) groups is 2. The summed E-state index contributed by atoms with van der Waals surface area (Å²) in [7, 11) is 0. The van der Waals surface area contributed by atoms with E-state index < -0.39 is 34.4 Å². The first kappa shape index (κ1) is 28.1. The summed E-state index contributed by atoms with van der Waals surface area (Å²) in [5, 5.41) is 16.5. The van der Waals surface area contributed by atoms with Gasteiger partial charge in [-0.3, -0.25) is 9.59 Å². The van der Waals surface area contributed by atoms with Crippen LogP contribution in [-0.4, -0.2) is 55.6 Å². The Morgan fingerprint density at radius 3 is 2.49 bits per heavy atom. The van der Waals surface area contributed by atoms with Gasteiger partial charge < -0.3 is 15.7 Å². The molecule has 1 heterocycles. The van der Waals surface area contributed by atoms with Crippen molar-refractivity contribution in [1.82, 2.24) is 15.6 Å². The number of nitrogens with zero attached hydrogens (tertiary/aromatic N) is 1. The Labute approximate surface area is 231 Å². The lowest BCUT2D eigenvalue weighted by molar-refractivity contribution is -0.134. The van der Waals surface area contributed by atoms with Crippen LogP contribution in [-0.2, 0) is 16.1 Å². The number of carbonyl (C=O) groups excluding carboxylic acids is 2. The number of benzene rings is 1. The van der Waals surface area contributed by atoms with Gasteiger partial charge in [-0.15, -0.1) is 11.3 Å². The van der Waals surface area contributed by atoms with Gasteiger partial charge in [0.05, 0.1) is 27.2 Å². The van der Waals surface area contributed by atoms with E-state index >= 15 is 0 Å². The standard InChI is InChI=1S/C27H34FN3O3S3/c1-15-22(37-14-30-15)17-7-5-16(6-8-17)13-29-24(35)20-12-18(32)11-19(20)21(33)23(26(2,3)36-4)31-25(34)27(28)9-10-27/h5-8,14,18-20,23,32H,9-13H2,1-4H3,(H,29,35)(H,31,34)/t18-,19?,20+,23+/m0/s1. The SMILES string of the molecule is CSC(C)(C)[C@H](NC(=O)C1(F)CC1)C(=O)C1C[C@H](O)C[C@H]1C(=S)NCc1ccc(-c2scnc2C)cc1. The number of thioether (sulfide) groups is 1. The van der Waals surface area contributed by atoms with E-state index in [1.807, 2.05) is 44.7 Å². The van der Waals surface area contributed by atoms with E-state index in [0.717, 1.165) is 21.7 Å². The molecule has 3 N–H and O–H groups in total. The lowest BCUT2D eigenvalue weighted by Crippen LogP contribution is -2.57. The van der Waals surface area contributed by atoms with Crippen molar-refractivity contribution >= 4 is 52.0 Å². The molecule has 0 aliphatic heterocycles. The van der Waals surface area contributed by atoms with Gasteiger partial charge in [0.15, 0.2) is 11.5 Å². The van der Waals surface area contributed by atoms with Crippen LogP contribution in [0.25, 0.3) is 10.4 Å². The summed E-state index contributed by atoms with van der Waals surface area (Å²) in [6.07, 6.45) is 2.21. The van der Waals surface area contributed by atoms with Gasteiger partial charge in [-0.1, -0.05) is 36.5 Å². The van der Waals surface area contributed by atoms with Crippen molar-refractivity contribution in [2.24, 2.45) is 11.8 Å². The number of hydrogen-bond acceptors (Lipinski definition) is 7. The van der Waals surface area contributed by atoms with Crippen LogP contribution in [0.4, 0.5) is 4.39 Å². The number of aliphatic hydroxyl groups excluding tert-OH is 1. The molecule has 0 radical (unpaired) electrons. The van der Waals surface area contributed by atoms with Crippen molar-refractivity contribution in [2.45, 2.75) is 75.6 Å². The van der Waals surface area contributed by atoms with Crippen molar-refractivity contribution < 1.29 is 19.1 Å². The number of hydrogen-bond donors (Lipinski definition) is 3. The zero-order valence-electron chi connectivity index (χ0n) is 21.5. The number of ketones is 1. The van der Waals surface area contributed by atoms with Crippen LogP contribution in [0.3, 0.4) is 0 Å². The predicted molar refractivity (Wildman–Crippen MR) is 152 cm³/mol. The van der Waals surface area contributed by atoms with Gasteiger partial charge >= 0.3 is 0 Å². The third-order valence-corrected chi connectivity index (χ3v) is 10.3. The highest BCUT2D eigenvalue weighted by molar-refractivity contribution is 8.00. The Kier molecular flexibility index (Phi) is 8.43. The van der Waals surface area contributed by atoms with Crippen LogP contribution in [0.5, 0.6) is 0 Å². The van der Waals surface area contributed by atoms with Gasteiger partial charge in [0.1, 0.15) is 6.04 Å². The highest BCUT2D eigenvalue weighted by Crippen LogP contribution is 2.42. The number of amides is 1. The molecule has 1 amide bonds. The fraction of sp³-hybridized carbons (Fsp3) is 0.556. The third kappa shape index (κ3) is 6.24. The number of aromatic nitrogens is 1. The summed E-state index contributed by atoms with van der Waals surface area (Å²) in [6, 6.07) is 7.30. The maximum Gasteiger partial charge on any atom is 0.258 e. The molecule has 2 fully saturated rings. The largest absolute Gasteiger partial charge is 0.393 e. The average molecular weight is 564 g/mol. The summed E-state index contributed by atoms with van der Waals surface area (Å²) >= 11 is 8.75. The molecule has 10 heteroatoms. The van der Waals surface area contributed by atoms with Crippen molar-refractivity contribution in [2.75, 3.05) is 6.26 Å². The summed E-state index contributed by atoms with van der Waals surface area (Å²) in [5.41, 5.74) is 3.13. The minimum Gasteiger partial charge on any atom is -0.393 e. The predicted octanol–water partition coefficient (Wildman–Crippen LogP) is 4.62. The Morgan fingerprint density at radius 2 is 1.92 bits per heavy atom. The van der Waals surface area contributed by atoms with Crippen LogP contribution in [0.15, 0.2) is 29.8 Å². The quantitative estimate of drug-likeness (QED) is 0.364. The topological polar surface area (TPSA) is 91.3 Å². The molecular formula is C27H34FN3O3S3. The summed E-state index contributed by atoms with van der Waals surface area (Å²) in [5.74, 6) is -1.83. The van der Waals surface area contributed by atoms with Crippen molar-refractivity contribution in [1.29, 1.82) is 0 Å². The van der Waals surface area contributed by atoms with Gasteiger partial charge in [-0.25, -0.2) is 9.37 Å². The first-order valence-corrected chi connectivity index (χ1v) is 15.0. The fourth-order valence-electron chi connectivity index (χ4n) is 4.81. The number of nitrogens with one attached hydrogen (secondary N) is 2. The van der Waals surface area contributed by atoms with Crippen molar-refractivity contribution in [3.8, 4) is 10.4 Å². The number of halogens is 1. The van der Waals surface area contributed by atoms with Crippen molar-refractivity contribution in [3.05, 3.63) is 41.0 Å². The van der Waals surface area contributed by atoms with E-state index in [1.54, 1.807) is 11.3 Å². The Balaban J connectivity index is 1.43. The summed E-state index contributed by atoms with van der Waals surface area (Å²) in [4.78, 5) is 32.3. The van der Waals surface area contributed by atoms with E-state index in [2.05, 4.69) is 27.8 Å². The third-order valence-electron chi connectivity index (χ3n) is 7.55. The minimum absolute atomic E-state index is 0.184.